The zero-order chi connectivity index (χ0) is 12.3. The fourth-order valence-corrected chi connectivity index (χ4v) is 2.75. The van der Waals surface area contributed by atoms with Gasteiger partial charge in [-0.15, -0.1) is 0 Å². The quantitative estimate of drug-likeness (QED) is 0.640. The molecule has 0 saturated heterocycles. The Balaban J connectivity index is 1.65. The van der Waals surface area contributed by atoms with E-state index in [9.17, 15) is 5.11 Å². The normalized spacial score (nSPS) is 22.4. The topological polar surface area (TPSA) is 35.5 Å². The van der Waals surface area contributed by atoms with E-state index < -0.39 is 0 Å². The first-order valence-corrected chi connectivity index (χ1v) is 7.38. The van der Waals surface area contributed by atoms with Crippen molar-refractivity contribution < 1.29 is 5.11 Å². The molecule has 2 N–H and O–H groups in total. The summed E-state index contributed by atoms with van der Waals surface area (Å²) in [5.41, 5.74) is 0. The molecule has 0 heterocycles. The molecule has 100 valence electrons. The largest absolute Gasteiger partial charge is 0.390 e. The predicted molar refractivity (Wildman–Crippen MR) is 71.0 cm³/mol. The van der Waals surface area contributed by atoms with Gasteiger partial charge < -0.3 is 15.3 Å². The average molecular weight is 240 g/mol. The van der Waals surface area contributed by atoms with Gasteiger partial charge in [0.15, 0.2) is 0 Å². The summed E-state index contributed by atoms with van der Waals surface area (Å²) >= 11 is 0. The first-order valence-electron chi connectivity index (χ1n) is 7.38. The number of hydrogen-bond donors (Lipinski definition) is 2. The Morgan fingerprint density at radius 1 is 1.12 bits per heavy atom. The van der Waals surface area contributed by atoms with E-state index in [0.29, 0.717) is 6.04 Å². The molecule has 2 saturated carbocycles. The minimum absolute atomic E-state index is 0.213. The SMILES string of the molecule is CCN(CC)CC(O)CNC(C1CC1)C1CC1. The second-order valence-corrected chi connectivity index (χ2v) is 5.75. The van der Waals surface area contributed by atoms with E-state index >= 15 is 0 Å². The van der Waals surface area contributed by atoms with Gasteiger partial charge in [0, 0.05) is 19.1 Å². The molecule has 0 amide bonds. The number of nitrogens with one attached hydrogen (secondary N) is 1. The smallest absolute Gasteiger partial charge is 0.0791 e. The summed E-state index contributed by atoms with van der Waals surface area (Å²) in [5, 5.41) is 13.7. The molecular weight excluding hydrogens is 212 g/mol. The maximum atomic E-state index is 10.0. The van der Waals surface area contributed by atoms with E-state index in [1.807, 2.05) is 0 Å². The van der Waals surface area contributed by atoms with Crippen LogP contribution in [0, 0.1) is 11.8 Å². The lowest BCUT2D eigenvalue weighted by atomic mass is 10.1. The number of hydrogen-bond acceptors (Lipinski definition) is 3. The molecule has 2 aliphatic carbocycles. The molecule has 0 radical (unpaired) electrons. The zero-order valence-corrected chi connectivity index (χ0v) is 11.4. The van der Waals surface area contributed by atoms with Crippen LogP contribution in [0.4, 0.5) is 0 Å². The average Bonchev–Trinajstić information content (AvgIpc) is 3.16. The van der Waals surface area contributed by atoms with E-state index in [2.05, 4.69) is 24.1 Å². The summed E-state index contributed by atoms with van der Waals surface area (Å²) in [6.45, 7) is 7.95. The Morgan fingerprint density at radius 3 is 2.06 bits per heavy atom. The maximum absolute atomic E-state index is 10.0. The highest BCUT2D eigenvalue weighted by Crippen LogP contribution is 2.44. The molecule has 0 aliphatic heterocycles. The van der Waals surface area contributed by atoms with Crippen molar-refractivity contribution in [2.75, 3.05) is 26.2 Å². The van der Waals surface area contributed by atoms with Crippen molar-refractivity contribution in [3.63, 3.8) is 0 Å². The van der Waals surface area contributed by atoms with Gasteiger partial charge in [-0.3, -0.25) is 0 Å². The van der Waals surface area contributed by atoms with Crippen LogP contribution in [0.5, 0.6) is 0 Å². The van der Waals surface area contributed by atoms with Gasteiger partial charge in [-0.1, -0.05) is 13.8 Å². The molecule has 0 aromatic heterocycles. The second-order valence-electron chi connectivity index (χ2n) is 5.75. The fraction of sp³-hybridized carbons (Fsp3) is 1.00. The van der Waals surface area contributed by atoms with Crippen molar-refractivity contribution in [1.29, 1.82) is 0 Å². The lowest BCUT2D eigenvalue weighted by Crippen LogP contribution is -2.43. The molecule has 17 heavy (non-hydrogen) atoms. The van der Waals surface area contributed by atoms with Gasteiger partial charge in [-0.25, -0.2) is 0 Å². The predicted octanol–water partition coefficient (Wildman–Crippen LogP) is 1.47. The van der Waals surface area contributed by atoms with Gasteiger partial charge in [0.25, 0.3) is 0 Å². The van der Waals surface area contributed by atoms with E-state index in [1.54, 1.807) is 0 Å². The monoisotopic (exact) mass is 240 g/mol. The van der Waals surface area contributed by atoms with Crippen molar-refractivity contribution in [1.82, 2.24) is 10.2 Å². The number of nitrogens with zero attached hydrogens (tertiary/aromatic N) is 1. The van der Waals surface area contributed by atoms with Crippen LogP contribution >= 0.6 is 0 Å². The van der Waals surface area contributed by atoms with Gasteiger partial charge >= 0.3 is 0 Å². The van der Waals surface area contributed by atoms with E-state index in [-0.39, 0.29) is 6.10 Å². The van der Waals surface area contributed by atoms with Gasteiger partial charge in [-0.2, -0.15) is 0 Å². The van der Waals surface area contributed by atoms with Gasteiger partial charge in [0.05, 0.1) is 6.10 Å². The van der Waals surface area contributed by atoms with Crippen LogP contribution in [0.25, 0.3) is 0 Å². The Hall–Kier alpha value is -0.120. The fourth-order valence-electron chi connectivity index (χ4n) is 2.75. The molecule has 0 bridgehead atoms. The Bertz CT molecular complexity index is 210. The standard InChI is InChI=1S/C14H28N2O/c1-3-16(4-2)10-13(17)9-15-14(11-5-6-11)12-7-8-12/h11-15,17H,3-10H2,1-2H3. The van der Waals surface area contributed by atoms with Gasteiger partial charge in [0.1, 0.15) is 0 Å². The lowest BCUT2D eigenvalue weighted by molar-refractivity contribution is 0.112. The Morgan fingerprint density at radius 2 is 1.65 bits per heavy atom. The summed E-state index contributed by atoms with van der Waals surface area (Å²) < 4.78 is 0. The third kappa shape index (κ3) is 4.23. The van der Waals surface area contributed by atoms with Gasteiger partial charge in [-0.05, 0) is 50.6 Å². The van der Waals surface area contributed by atoms with Crippen LogP contribution in [0.15, 0.2) is 0 Å². The molecule has 1 unspecified atom stereocenters. The third-order valence-corrected chi connectivity index (χ3v) is 4.21. The highest BCUT2D eigenvalue weighted by molar-refractivity contribution is 4.96. The molecule has 2 rings (SSSR count). The number of likely N-dealkylation sites (N-methyl/N-ethyl adjacent to an activating group) is 1. The number of aliphatic hydroxyl groups is 1. The van der Waals surface area contributed by atoms with Crippen molar-refractivity contribution in [2.24, 2.45) is 11.8 Å². The highest BCUT2D eigenvalue weighted by Gasteiger charge is 2.41. The second kappa shape index (κ2) is 6.17. The van der Waals surface area contributed by atoms with E-state index in [1.165, 1.54) is 25.7 Å². The van der Waals surface area contributed by atoms with Crippen molar-refractivity contribution in [2.45, 2.75) is 51.7 Å². The molecule has 3 heteroatoms. The van der Waals surface area contributed by atoms with Crippen molar-refractivity contribution in [3.8, 4) is 0 Å². The summed E-state index contributed by atoms with van der Waals surface area (Å²) in [4.78, 5) is 2.29. The van der Waals surface area contributed by atoms with Crippen molar-refractivity contribution >= 4 is 0 Å². The van der Waals surface area contributed by atoms with Crippen LogP contribution in [-0.4, -0.2) is 48.3 Å². The summed E-state index contributed by atoms with van der Waals surface area (Å²) in [6.07, 6.45) is 5.40. The summed E-state index contributed by atoms with van der Waals surface area (Å²) in [6, 6.07) is 0.710. The Kier molecular flexibility index (Phi) is 4.83. The molecule has 2 aliphatic rings. The molecule has 2 fully saturated rings. The Labute approximate surface area is 106 Å². The van der Waals surface area contributed by atoms with Gasteiger partial charge in [0.2, 0.25) is 0 Å². The molecule has 3 nitrogen and oxygen atoms in total. The highest BCUT2D eigenvalue weighted by atomic mass is 16.3. The minimum atomic E-state index is -0.213. The molecular formula is C14H28N2O. The molecule has 0 spiro atoms. The minimum Gasteiger partial charge on any atom is -0.390 e. The maximum Gasteiger partial charge on any atom is 0.0791 e. The van der Waals surface area contributed by atoms with Crippen LogP contribution in [0.3, 0.4) is 0 Å². The van der Waals surface area contributed by atoms with E-state index in [4.69, 9.17) is 0 Å². The summed E-state index contributed by atoms with van der Waals surface area (Å²) in [7, 11) is 0. The zero-order valence-electron chi connectivity index (χ0n) is 11.4. The van der Waals surface area contributed by atoms with Crippen LogP contribution in [0.1, 0.15) is 39.5 Å². The summed E-state index contributed by atoms with van der Waals surface area (Å²) in [5.74, 6) is 1.84. The number of rotatable bonds is 9. The van der Waals surface area contributed by atoms with Crippen LogP contribution in [-0.2, 0) is 0 Å². The number of aliphatic hydroxyl groups excluding tert-OH is 1. The lowest BCUT2D eigenvalue weighted by Gasteiger charge is -2.24. The van der Waals surface area contributed by atoms with Crippen LogP contribution in [0.2, 0.25) is 0 Å². The first-order chi connectivity index (χ1) is 8.24. The van der Waals surface area contributed by atoms with E-state index in [0.717, 1.165) is 38.0 Å². The molecule has 0 aromatic carbocycles. The third-order valence-electron chi connectivity index (χ3n) is 4.21. The van der Waals surface area contributed by atoms with Crippen molar-refractivity contribution in [3.05, 3.63) is 0 Å². The molecule has 1 atom stereocenters. The first kappa shape index (κ1) is 13.3. The molecule has 0 aromatic rings. The van der Waals surface area contributed by atoms with Crippen LogP contribution < -0.4 is 5.32 Å².